The van der Waals surface area contributed by atoms with Crippen molar-refractivity contribution in [2.24, 2.45) is 0 Å². The first kappa shape index (κ1) is 22.4. The highest BCUT2D eigenvalue weighted by Gasteiger charge is 2.31. The third-order valence-electron chi connectivity index (χ3n) is 7.02. The second-order valence-corrected chi connectivity index (χ2v) is 9.14. The molecule has 170 valence electrons. The van der Waals surface area contributed by atoms with E-state index in [9.17, 15) is 4.79 Å². The molecule has 0 bridgehead atoms. The molecule has 2 aliphatic heterocycles. The molecule has 2 aromatic rings. The first-order valence-corrected chi connectivity index (χ1v) is 11.9. The highest BCUT2D eigenvalue weighted by molar-refractivity contribution is 5.84. The Bertz CT molecular complexity index is 1020. The highest BCUT2D eigenvalue weighted by atomic mass is 16.5. The summed E-state index contributed by atoms with van der Waals surface area (Å²) in [7, 11) is 0. The van der Waals surface area contributed by atoms with E-state index in [4.69, 9.17) is 10.1 Å². The van der Waals surface area contributed by atoms with Crippen LogP contribution in [0.4, 0.5) is 0 Å². The Balaban J connectivity index is 1.75. The number of fused-ring (bicyclic) bond motifs is 1. The lowest BCUT2D eigenvalue weighted by molar-refractivity contribution is -0.142. The summed E-state index contributed by atoms with van der Waals surface area (Å²) in [6, 6.07) is 8.56. The van der Waals surface area contributed by atoms with Crippen molar-refractivity contribution in [1.29, 1.82) is 5.41 Å². The van der Waals surface area contributed by atoms with Crippen molar-refractivity contribution in [3.05, 3.63) is 57.6 Å². The molecule has 5 nitrogen and oxygen atoms in total. The minimum atomic E-state index is -0.181. The summed E-state index contributed by atoms with van der Waals surface area (Å²) in [4.78, 5) is 16.9. The average molecular weight is 434 g/mol. The van der Waals surface area contributed by atoms with Crippen molar-refractivity contribution in [1.82, 2.24) is 9.80 Å². The number of likely N-dealkylation sites (tertiary alicyclic amines) is 1. The molecular formula is C27H35N3O2. The second-order valence-electron chi connectivity index (χ2n) is 9.14. The molecule has 5 heteroatoms. The van der Waals surface area contributed by atoms with Gasteiger partial charge < -0.3 is 14.5 Å². The van der Waals surface area contributed by atoms with E-state index in [1.54, 1.807) is 0 Å². The van der Waals surface area contributed by atoms with E-state index in [2.05, 4.69) is 54.8 Å². The van der Waals surface area contributed by atoms with Crippen LogP contribution in [0.3, 0.4) is 0 Å². The molecule has 2 heterocycles. The van der Waals surface area contributed by atoms with Gasteiger partial charge in [0, 0.05) is 26.2 Å². The van der Waals surface area contributed by atoms with Crippen LogP contribution < -0.4 is 0 Å². The minimum Gasteiger partial charge on any atom is -0.466 e. The maximum atomic E-state index is 12.5. The first-order valence-electron chi connectivity index (χ1n) is 11.9. The second kappa shape index (κ2) is 9.35. The number of guanidine groups is 1. The van der Waals surface area contributed by atoms with Crippen LogP contribution in [-0.2, 0) is 29.0 Å². The van der Waals surface area contributed by atoms with E-state index >= 15 is 0 Å². The number of benzene rings is 2. The monoisotopic (exact) mass is 433 g/mol. The van der Waals surface area contributed by atoms with E-state index in [0.717, 1.165) is 42.9 Å². The van der Waals surface area contributed by atoms with Gasteiger partial charge in [0.05, 0.1) is 13.0 Å². The molecule has 0 aromatic heterocycles. The number of nitrogens with zero attached hydrogens (tertiary/aromatic N) is 2. The maximum Gasteiger partial charge on any atom is 0.310 e. The van der Waals surface area contributed by atoms with Crippen molar-refractivity contribution >= 4 is 11.9 Å². The van der Waals surface area contributed by atoms with Gasteiger partial charge in [-0.15, -0.1) is 0 Å². The summed E-state index contributed by atoms with van der Waals surface area (Å²) in [6.45, 7) is 12.1. The van der Waals surface area contributed by atoms with Crippen molar-refractivity contribution in [3.8, 4) is 11.1 Å². The zero-order chi connectivity index (χ0) is 22.8. The van der Waals surface area contributed by atoms with Crippen molar-refractivity contribution < 1.29 is 9.53 Å². The van der Waals surface area contributed by atoms with Gasteiger partial charge in [-0.25, -0.2) is 0 Å². The number of hydrogen-bond acceptors (Lipinski definition) is 3. The largest absolute Gasteiger partial charge is 0.466 e. The Morgan fingerprint density at radius 2 is 1.56 bits per heavy atom. The van der Waals surface area contributed by atoms with Gasteiger partial charge in [0.15, 0.2) is 5.96 Å². The van der Waals surface area contributed by atoms with E-state index < -0.39 is 0 Å². The lowest BCUT2D eigenvalue weighted by atomic mass is 9.84. The zero-order valence-corrected chi connectivity index (χ0v) is 19.9. The number of aryl methyl sites for hydroxylation is 1. The number of nitrogens with one attached hydrogen (secondary N) is 1. The standard InChI is InChI=1S/C27H35N3O2/c1-5-32-25(31)15-22-19(3)23-16-30(27(28)29-13-7-6-8-14-29)17-24(23)20(4)26(22)21-11-9-18(2)10-12-21/h9-12,28H,5-8,13-17H2,1-4H3. The smallest absolute Gasteiger partial charge is 0.310 e. The number of ether oxygens (including phenoxy) is 1. The van der Waals surface area contributed by atoms with Gasteiger partial charge >= 0.3 is 5.97 Å². The lowest BCUT2D eigenvalue weighted by Gasteiger charge is -2.33. The van der Waals surface area contributed by atoms with Crippen LogP contribution in [-0.4, -0.2) is 41.4 Å². The average Bonchev–Trinajstić information content (AvgIpc) is 3.25. The molecule has 0 spiro atoms. The van der Waals surface area contributed by atoms with Crippen molar-refractivity contribution in [3.63, 3.8) is 0 Å². The van der Waals surface area contributed by atoms with Gasteiger partial charge in [-0.3, -0.25) is 10.2 Å². The molecule has 0 amide bonds. The van der Waals surface area contributed by atoms with E-state index in [0.29, 0.717) is 12.6 Å². The fourth-order valence-corrected chi connectivity index (χ4v) is 5.21. The van der Waals surface area contributed by atoms with E-state index in [1.807, 2.05) is 6.92 Å². The molecule has 1 N–H and O–H groups in total. The summed E-state index contributed by atoms with van der Waals surface area (Å²) in [5.74, 6) is 0.461. The van der Waals surface area contributed by atoms with Gasteiger partial charge in [0.2, 0.25) is 0 Å². The molecule has 0 atom stereocenters. The summed E-state index contributed by atoms with van der Waals surface area (Å²) >= 11 is 0. The SMILES string of the molecule is CCOC(=O)Cc1c(C)c2c(c(C)c1-c1ccc(C)cc1)CN(C(=N)N1CCCCC1)C2. The molecule has 1 fully saturated rings. The van der Waals surface area contributed by atoms with Gasteiger partial charge in [0.1, 0.15) is 0 Å². The maximum absolute atomic E-state index is 12.5. The van der Waals surface area contributed by atoms with Crippen LogP contribution in [0.25, 0.3) is 11.1 Å². The molecule has 32 heavy (non-hydrogen) atoms. The molecule has 0 saturated carbocycles. The van der Waals surface area contributed by atoms with Crippen LogP contribution in [0.5, 0.6) is 0 Å². The Morgan fingerprint density at radius 3 is 2.19 bits per heavy atom. The Hall–Kier alpha value is -2.82. The summed E-state index contributed by atoms with van der Waals surface area (Å²) in [5, 5.41) is 8.84. The summed E-state index contributed by atoms with van der Waals surface area (Å²) in [5.41, 5.74) is 9.56. The zero-order valence-electron chi connectivity index (χ0n) is 19.9. The number of esters is 1. The number of piperidine rings is 1. The number of carbonyl (C=O) groups excluding carboxylic acids is 1. The van der Waals surface area contributed by atoms with Gasteiger partial charge in [-0.1, -0.05) is 29.8 Å². The topological polar surface area (TPSA) is 56.6 Å². The normalized spacial score (nSPS) is 15.6. The molecule has 4 rings (SSSR count). The van der Waals surface area contributed by atoms with Crippen molar-refractivity contribution in [2.75, 3.05) is 19.7 Å². The predicted octanol–water partition coefficient (Wildman–Crippen LogP) is 5.12. The third-order valence-corrected chi connectivity index (χ3v) is 7.02. The molecule has 0 radical (unpaired) electrons. The van der Waals surface area contributed by atoms with Crippen LogP contribution in [0, 0.1) is 26.2 Å². The quantitative estimate of drug-likeness (QED) is 0.413. The minimum absolute atomic E-state index is 0.181. The predicted molar refractivity (Wildman–Crippen MR) is 129 cm³/mol. The molecule has 0 aliphatic carbocycles. The van der Waals surface area contributed by atoms with Crippen molar-refractivity contribution in [2.45, 2.75) is 66.5 Å². The van der Waals surface area contributed by atoms with E-state index in [1.165, 1.54) is 47.1 Å². The third kappa shape index (κ3) is 4.25. The first-order chi connectivity index (χ1) is 15.4. The Morgan fingerprint density at radius 1 is 0.938 bits per heavy atom. The summed E-state index contributed by atoms with van der Waals surface area (Å²) < 4.78 is 5.32. The van der Waals surface area contributed by atoms with Crippen LogP contribution in [0.15, 0.2) is 24.3 Å². The van der Waals surface area contributed by atoms with Gasteiger partial charge in [-0.05, 0) is 85.9 Å². The molecule has 0 unspecified atom stereocenters. The fraction of sp³-hybridized carbons (Fsp3) is 0.481. The van der Waals surface area contributed by atoms with Gasteiger partial charge in [0.25, 0.3) is 0 Å². The number of carbonyl (C=O) groups is 1. The van der Waals surface area contributed by atoms with E-state index in [-0.39, 0.29) is 12.4 Å². The molecule has 1 saturated heterocycles. The Kier molecular flexibility index (Phi) is 6.54. The highest BCUT2D eigenvalue weighted by Crippen LogP contribution is 2.40. The summed E-state index contributed by atoms with van der Waals surface area (Å²) in [6.07, 6.45) is 3.88. The van der Waals surface area contributed by atoms with Crippen LogP contribution in [0.2, 0.25) is 0 Å². The van der Waals surface area contributed by atoms with Crippen LogP contribution >= 0.6 is 0 Å². The lowest BCUT2D eigenvalue weighted by Crippen LogP contribution is -2.43. The number of hydrogen-bond donors (Lipinski definition) is 1. The fourth-order valence-electron chi connectivity index (χ4n) is 5.21. The van der Waals surface area contributed by atoms with Gasteiger partial charge in [-0.2, -0.15) is 0 Å². The molecule has 2 aromatic carbocycles. The number of rotatable bonds is 4. The molecule has 2 aliphatic rings. The Labute approximate surface area is 191 Å². The molecular weight excluding hydrogens is 398 g/mol. The van der Waals surface area contributed by atoms with Crippen LogP contribution in [0.1, 0.15) is 59.6 Å².